The maximum absolute atomic E-state index is 13.6. The third-order valence-corrected chi connectivity index (χ3v) is 7.82. The Balaban J connectivity index is 1.45. The molecule has 7 rings (SSSR count). The van der Waals surface area contributed by atoms with Crippen molar-refractivity contribution in [3.63, 3.8) is 0 Å². The lowest BCUT2D eigenvalue weighted by molar-refractivity contribution is 0.296. The molecule has 42 heavy (non-hydrogen) atoms. The lowest BCUT2D eigenvalue weighted by atomic mass is 9.82. The van der Waals surface area contributed by atoms with Crippen molar-refractivity contribution < 1.29 is 23.0 Å². The minimum atomic E-state index is -0.866. The van der Waals surface area contributed by atoms with Gasteiger partial charge in [0.05, 0.1) is 39.9 Å². The fourth-order valence-corrected chi connectivity index (χ4v) is 5.87. The molecule has 1 aliphatic heterocycles. The molecule has 0 N–H and O–H groups in total. The molecule has 208 valence electrons. The minimum Gasteiger partial charge on any atom is -0.496 e. The van der Waals surface area contributed by atoms with Gasteiger partial charge in [0.2, 0.25) is 0 Å². The van der Waals surface area contributed by atoms with Crippen LogP contribution < -0.4 is 25.5 Å². The third kappa shape index (κ3) is 4.29. The van der Waals surface area contributed by atoms with Crippen molar-refractivity contribution in [1.82, 2.24) is 0 Å². The van der Waals surface area contributed by atoms with Crippen molar-refractivity contribution in [3.8, 4) is 23.0 Å². The largest absolute Gasteiger partial charge is 0.496 e. The van der Waals surface area contributed by atoms with E-state index in [-0.39, 0.29) is 17.7 Å². The summed E-state index contributed by atoms with van der Waals surface area (Å²) in [4.78, 5) is 27.2. The topological polar surface area (TPSA) is 88.1 Å². The molecular formula is C33H20Cl2O7. The highest BCUT2D eigenvalue weighted by Gasteiger charge is 2.38. The predicted octanol–water partition coefficient (Wildman–Crippen LogP) is 8.08. The van der Waals surface area contributed by atoms with Crippen LogP contribution >= 0.6 is 23.2 Å². The zero-order valence-electron chi connectivity index (χ0n) is 22.0. The Morgan fingerprint density at radius 2 is 1.33 bits per heavy atom. The Labute approximate surface area is 248 Å². The Morgan fingerprint density at radius 3 is 1.93 bits per heavy atom. The molecule has 0 unspecified atom stereocenters. The first-order valence-electron chi connectivity index (χ1n) is 13.0. The number of ether oxygens (including phenoxy) is 3. The van der Waals surface area contributed by atoms with Gasteiger partial charge in [-0.3, -0.25) is 0 Å². The summed E-state index contributed by atoms with van der Waals surface area (Å²) in [5.74, 6) is 0.782. The first-order valence-corrected chi connectivity index (χ1v) is 13.7. The van der Waals surface area contributed by atoms with Gasteiger partial charge >= 0.3 is 11.3 Å². The molecule has 0 bridgehead atoms. The monoisotopic (exact) mass is 598 g/mol. The summed E-state index contributed by atoms with van der Waals surface area (Å²) >= 11 is 12.4. The van der Waals surface area contributed by atoms with E-state index in [9.17, 15) is 9.59 Å². The van der Waals surface area contributed by atoms with Crippen molar-refractivity contribution in [1.29, 1.82) is 0 Å². The van der Waals surface area contributed by atoms with Gasteiger partial charge in [0.1, 0.15) is 40.8 Å². The van der Waals surface area contributed by atoms with E-state index in [0.717, 1.165) is 0 Å². The van der Waals surface area contributed by atoms with Gasteiger partial charge in [-0.1, -0.05) is 53.5 Å². The standard InChI is InChI=1S/C33H20Cl2O7/c1-38-23-12-10-17(14-18(23)16-39-26-13-11-19(34)15-22(26)35)27-28-30(20-6-2-4-8-24(20)40-32(28)36)42-31-21-7-3-5-9-25(21)41-33(37)29(27)31/h2-15,27H,16H2,1H3. The zero-order valence-corrected chi connectivity index (χ0v) is 23.5. The molecule has 0 atom stereocenters. The number of methoxy groups -OCH3 is 1. The number of para-hydroxylation sites is 2. The van der Waals surface area contributed by atoms with Gasteiger partial charge in [0, 0.05) is 10.6 Å². The summed E-state index contributed by atoms with van der Waals surface area (Å²) in [5.41, 5.74) is 1.18. The average Bonchev–Trinajstić information content (AvgIpc) is 3.00. The molecule has 6 aromatic rings. The van der Waals surface area contributed by atoms with E-state index in [1.165, 1.54) is 0 Å². The molecule has 0 aliphatic carbocycles. The van der Waals surface area contributed by atoms with Crippen LogP contribution in [0, 0.1) is 0 Å². The summed E-state index contributed by atoms with van der Waals surface area (Å²) in [5, 5.41) is 2.06. The van der Waals surface area contributed by atoms with Gasteiger partial charge in [-0.15, -0.1) is 0 Å². The van der Waals surface area contributed by atoms with Crippen LogP contribution in [0.2, 0.25) is 10.0 Å². The first kappa shape index (κ1) is 26.2. The molecule has 0 spiro atoms. The summed E-state index contributed by atoms with van der Waals surface area (Å²) in [6.07, 6.45) is 0. The second kappa shape index (κ2) is 10.3. The lowest BCUT2D eigenvalue weighted by Crippen LogP contribution is -2.26. The second-order valence-corrected chi connectivity index (χ2v) is 10.6. The SMILES string of the molecule is COc1ccc(C2c3c(c4ccccc4oc3=O)Oc3c2c(=O)oc2ccccc32)cc1COc1ccc(Cl)cc1Cl. The molecule has 0 radical (unpaired) electrons. The van der Waals surface area contributed by atoms with Crippen LogP contribution in [0.1, 0.15) is 28.2 Å². The summed E-state index contributed by atoms with van der Waals surface area (Å²) < 4.78 is 29.5. The first-order chi connectivity index (χ1) is 20.4. The highest BCUT2D eigenvalue weighted by Crippen LogP contribution is 2.49. The molecule has 0 saturated carbocycles. The van der Waals surface area contributed by atoms with E-state index in [2.05, 4.69) is 0 Å². The summed E-state index contributed by atoms with van der Waals surface area (Å²) in [6, 6.07) is 24.6. The molecule has 0 amide bonds. The van der Waals surface area contributed by atoms with Gasteiger partial charge in [-0.2, -0.15) is 0 Å². The van der Waals surface area contributed by atoms with Crippen LogP contribution in [0.4, 0.5) is 0 Å². The fraction of sp³-hybridized carbons (Fsp3) is 0.0909. The Morgan fingerprint density at radius 1 is 0.738 bits per heavy atom. The van der Waals surface area contributed by atoms with Crippen molar-refractivity contribution in [2.24, 2.45) is 0 Å². The van der Waals surface area contributed by atoms with Gasteiger partial charge in [-0.25, -0.2) is 9.59 Å². The van der Waals surface area contributed by atoms with E-state index >= 15 is 0 Å². The van der Waals surface area contributed by atoms with Crippen molar-refractivity contribution in [3.05, 3.63) is 138 Å². The smallest absolute Gasteiger partial charge is 0.344 e. The van der Waals surface area contributed by atoms with E-state index < -0.39 is 17.2 Å². The zero-order chi connectivity index (χ0) is 29.0. The van der Waals surface area contributed by atoms with Crippen molar-refractivity contribution in [2.75, 3.05) is 7.11 Å². The molecule has 0 saturated heterocycles. The highest BCUT2D eigenvalue weighted by molar-refractivity contribution is 6.35. The number of fused-ring (bicyclic) bond motifs is 6. The third-order valence-electron chi connectivity index (χ3n) is 7.29. The molecule has 1 aliphatic rings. The molecule has 0 fully saturated rings. The number of halogens is 2. The van der Waals surface area contributed by atoms with E-state index in [1.807, 2.05) is 30.3 Å². The van der Waals surface area contributed by atoms with Crippen LogP contribution in [-0.4, -0.2) is 7.11 Å². The fourth-order valence-electron chi connectivity index (χ4n) is 5.41. The number of hydrogen-bond donors (Lipinski definition) is 0. The quantitative estimate of drug-likeness (QED) is 0.185. The van der Waals surface area contributed by atoms with Crippen LogP contribution in [0.15, 0.2) is 103 Å². The predicted molar refractivity (Wildman–Crippen MR) is 160 cm³/mol. The van der Waals surface area contributed by atoms with Crippen LogP contribution in [0.5, 0.6) is 23.0 Å². The van der Waals surface area contributed by atoms with E-state index in [4.69, 9.17) is 46.2 Å². The van der Waals surface area contributed by atoms with E-state index in [1.54, 1.807) is 61.7 Å². The van der Waals surface area contributed by atoms with Gasteiger partial charge in [0.15, 0.2) is 0 Å². The maximum Gasteiger partial charge on any atom is 0.344 e. The second-order valence-electron chi connectivity index (χ2n) is 9.73. The molecule has 4 aromatic carbocycles. The normalized spacial score (nSPS) is 12.5. The Kier molecular flexibility index (Phi) is 6.41. The van der Waals surface area contributed by atoms with E-state index in [0.29, 0.717) is 66.1 Å². The lowest BCUT2D eigenvalue weighted by Gasteiger charge is -2.28. The summed E-state index contributed by atoms with van der Waals surface area (Å²) in [6.45, 7) is 0.0833. The minimum absolute atomic E-state index is 0.0833. The van der Waals surface area contributed by atoms with Gasteiger partial charge in [0.25, 0.3) is 0 Å². The van der Waals surface area contributed by atoms with Crippen molar-refractivity contribution in [2.45, 2.75) is 12.5 Å². The number of benzene rings is 4. The Hall–Kier alpha value is -4.72. The molecule has 2 aromatic heterocycles. The van der Waals surface area contributed by atoms with Crippen LogP contribution in [0.3, 0.4) is 0 Å². The summed E-state index contributed by atoms with van der Waals surface area (Å²) in [7, 11) is 1.55. The molecular weight excluding hydrogens is 579 g/mol. The van der Waals surface area contributed by atoms with Gasteiger partial charge < -0.3 is 23.0 Å². The Bertz CT molecular complexity index is 2050. The number of rotatable bonds is 5. The maximum atomic E-state index is 13.6. The average molecular weight is 599 g/mol. The van der Waals surface area contributed by atoms with Crippen LogP contribution in [-0.2, 0) is 6.61 Å². The highest BCUT2D eigenvalue weighted by atomic mass is 35.5. The number of hydrogen-bond acceptors (Lipinski definition) is 7. The molecule has 9 heteroatoms. The van der Waals surface area contributed by atoms with Crippen LogP contribution in [0.25, 0.3) is 21.9 Å². The van der Waals surface area contributed by atoms with Gasteiger partial charge in [-0.05, 0) is 60.2 Å². The molecule has 3 heterocycles. The molecule has 7 nitrogen and oxygen atoms in total. The van der Waals surface area contributed by atoms with Crippen molar-refractivity contribution >= 4 is 45.1 Å².